The highest BCUT2D eigenvalue weighted by Gasteiger charge is 2.42. The molecule has 52 heavy (non-hydrogen) atoms. The summed E-state index contributed by atoms with van der Waals surface area (Å²) < 4.78 is 13.6. The molecular formula is C47H31BN2O2. The summed E-state index contributed by atoms with van der Waals surface area (Å²) >= 11 is 0. The Morgan fingerprint density at radius 2 is 1.17 bits per heavy atom. The van der Waals surface area contributed by atoms with Crippen LogP contribution in [-0.4, -0.2) is 6.71 Å². The van der Waals surface area contributed by atoms with Gasteiger partial charge in [0.25, 0.3) is 6.71 Å². The van der Waals surface area contributed by atoms with Crippen molar-refractivity contribution in [2.24, 2.45) is 0 Å². The lowest BCUT2D eigenvalue weighted by molar-refractivity contribution is 0.487. The molecule has 0 saturated carbocycles. The highest BCUT2D eigenvalue weighted by Crippen LogP contribution is 2.43. The lowest BCUT2D eigenvalue weighted by Crippen LogP contribution is -2.59. The first kappa shape index (κ1) is 29.1. The molecule has 0 bridgehead atoms. The maximum atomic E-state index is 6.87. The largest absolute Gasteiger partial charge is 0.458 e. The van der Waals surface area contributed by atoms with Crippen LogP contribution in [0.4, 0.5) is 34.1 Å². The topological polar surface area (TPSA) is 28.9 Å². The van der Waals surface area contributed by atoms with Crippen LogP contribution in [0, 0.1) is 6.92 Å². The summed E-state index contributed by atoms with van der Waals surface area (Å²) in [4.78, 5) is 4.67. The third-order valence-corrected chi connectivity index (χ3v) is 10.7. The third-order valence-electron chi connectivity index (χ3n) is 10.7. The number of nitrogens with zero attached hydrogens (tertiary/aromatic N) is 2. The van der Waals surface area contributed by atoms with Gasteiger partial charge in [-0.3, -0.25) is 0 Å². The molecule has 0 atom stereocenters. The van der Waals surface area contributed by atoms with E-state index in [1.54, 1.807) is 0 Å². The molecule has 5 heteroatoms. The van der Waals surface area contributed by atoms with Gasteiger partial charge in [-0.2, -0.15) is 0 Å². The summed E-state index contributed by atoms with van der Waals surface area (Å²) in [6, 6.07) is 60.4. The minimum Gasteiger partial charge on any atom is -0.458 e. The highest BCUT2D eigenvalue weighted by atomic mass is 16.5. The summed E-state index contributed by atoms with van der Waals surface area (Å²) in [5.74, 6) is 1.79. The van der Waals surface area contributed by atoms with Crippen molar-refractivity contribution >= 4 is 89.9 Å². The number of anilines is 6. The Balaban J connectivity index is 1.08. The van der Waals surface area contributed by atoms with Crippen LogP contribution in [-0.2, 0) is 0 Å². The van der Waals surface area contributed by atoms with Gasteiger partial charge in [0.2, 0.25) is 0 Å². The number of rotatable bonds is 4. The fourth-order valence-corrected chi connectivity index (χ4v) is 8.43. The van der Waals surface area contributed by atoms with Crippen LogP contribution in [0.5, 0.6) is 11.5 Å². The van der Waals surface area contributed by atoms with Gasteiger partial charge in [0, 0.05) is 44.9 Å². The first-order valence-electron chi connectivity index (χ1n) is 17.8. The van der Waals surface area contributed by atoms with E-state index in [0.29, 0.717) is 0 Å². The molecule has 2 aliphatic heterocycles. The molecule has 0 N–H and O–H groups in total. The fraction of sp³-hybridized carbons (Fsp3) is 0.0213. The molecule has 0 radical (unpaired) electrons. The van der Waals surface area contributed by atoms with E-state index in [2.05, 4.69) is 187 Å². The molecule has 0 fully saturated rings. The molecular weight excluding hydrogens is 635 g/mol. The van der Waals surface area contributed by atoms with Crippen LogP contribution in [0.15, 0.2) is 174 Å². The van der Waals surface area contributed by atoms with Crippen molar-refractivity contribution in [3.63, 3.8) is 0 Å². The summed E-state index contributed by atoms with van der Waals surface area (Å²) in [6.45, 7) is 2.16. The number of aryl methyl sites for hydroxylation is 1. The van der Waals surface area contributed by atoms with Gasteiger partial charge in [0.15, 0.2) is 0 Å². The second kappa shape index (κ2) is 11.1. The molecule has 0 aliphatic carbocycles. The van der Waals surface area contributed by atoms with Gasteiger partial charge in [-0.1, -0.05) is 78.9 Å². The Labute approximate surface area is 301 Å². The fourth-order valence-electron chi connectivity index (χ4n) is 8.43. The molecule has 0 amide bonds. The Morgan fingerprint density at radius 1 is 0.500 bits per heavy atom. The van der Waals surface area contributed by atoms with Crippen molar-refractivity contribution in [3.05, 3.63) is 175 Å². The summed E-state index contributed by atoms with van der Waals surface area (Å²) in [5, 5.41) is 4.42. The van der Waals surface area contributed by atoms with E-state index in [9.17, 15) is 0 Å². The molecule has 4 nitrogen and oxygen atoms in total. The molecule has 3 heterocycles. The first-order valence-corrected chi connectivity index (χ1v) is 17.8. The molecule has 244 valence electrons. The number of furan rings is 1. The van der Waals surface area contributed by atoms with Crippen molar-refractivity contribution in [1.29, 1.82) is 0 Å². The molecule has 0 unspecified atom stereocenters. The lowest BCUT2D eigenvalue weighted by Gasteiger charge is -2.40. The van der Waals surface area contributed by atoms with Crippen molar-refractivity contribution in [1.82, 2.24) is 0 Å². The van der Waals surface area contributed by atoms with E-state index in [1.807, 2.05) is 0 Å². The van der Waals surface area contributed by atoms with E-state index in [4.69, 9.17) is 9.15 Å². The standard InChI is InChI=1S/C47H31BN2O2/c1-30-23-42-47-46(24-30)52-45-28-38-37-26-31-21-22-36(49(33-13-5-2-6-14-33)34-15-7-3-8-16-34)25-32(31)27-43(37)51-44(38)29-40(45)48(47)39-19-11-12-20-41(39)50(42)35-17-9-4-10-18-35/h2-29H,1H3. The predicted octanol–water partition coefficient (Wildman–Crippen LogP) is 10.9. The highest BCUT2D eigenvalue weighted by molar-refractivity contribution is 6.99. The monoisotopic (exact) mass is 666 g/mol. The van der Waals surface area contributed by atoms with Crippen molar-refractivity contribution in [2.75, 3.05) is 9.80 Å². The van der Waals surface area contributed by atoms with Crippen LogP contribution >= 0.6 is 0 Å². The molecule has 8 aromatic carbocycles. The molecule has 0 saturated heterocycles. The number of hydrogen-bond acceptors (Lipinski definition) is 4. The van der Waals surface area contributed by atoms with Gasteiger partial charge in [-0.05, 0) is 131 Å². The maximum Gasteiger partial charge on any atom is 0.256 e. The third kappa shape index (κ3) is 4.36. The Hall–Kier alpha value is -6.72. The Morgan fingerprint density at radius 3 is 1.94 bits per heavy atom. The van der Waals surface area contributed by atoms with Crippen molar-refractivity contribution in [2.45, 2.75) is 6.92 Å². The van der Waals surface area contributed by atoms with Gasteiger partial charge < -0.3 is 19.0 Å². The van der Waals surface area contributed by atoms with E-state index >= 15 is 0 Å². The van der Waals surface area contributed by atoms with Crippen LogP contribution in [0.25, 0.3) is 32.7 Å². The molecule has 1 aromatic heterocycles. The van der Waals surface area contributed by atoms with E-state index in [0.717, 1.165) is 83.7 Å². The number of hydrogen-bond donors (Lipinski definition) is 0. The number of benzene rings is 8. The van der Waals surface area contributed by atoms with E-state index < -0.39 is 0 Å². The smallest absolute Gasteiger partial charge is 0.256 e. The Bertz CT molecular complexity index is 2810. The second-order valence-corrected chi connectivity index (χ2v) is 13.8. The number of fused-ring (bicyclic) bond motifs is 8. The molecule has 11 rings (SSSR count). The average Bonchev–Trinajstić information content (AvgIpc) is 3.53. The van der Waals surface area contributed by atoms with Crippen LogP contribution in [0.3, 0.4) is 0 Å². The van der Waals surface area contributed by atoms with Crippen molar-refractivity contribution in [3.8, 4) is 11.5 Å². The molecule has 2 aliphatic rings. The quantitative estimate of drug-likeness (QED) is 0.175. The van der Waals surface area contributed by atoms with Crippen LogP contribution < -0.4 is 30.9 Å². The SMILES string of the molecule is Cc1cc2c3c(c1)N(c1ccccc1)c1ccccc1B3c1cc3oc4cc5cc(N(c6ccccc6)c6ccccc6)ccc5cc4c3cc1O2. The van der Waals surface area contributed by atoms with E-state index in [1.165, 1.54) is 16.6 Å². The Kier molecular flexibility index (Phi) is 6.23. The zero-order chi connectivity index (χ0) is 34.3. The lowest BCUT2D eigenvalue weighted by atomic mass is 9.34. The summed E-state index contributed by atoms with van der Waals surface area (Å²) in [7, 11) is 0. The van der Waals surface area contributed by atoms with Gasteiger partial charge in [-0.15, -0.1) is 0 Å². The number of ether oxygens (including phenoxy) is 1. The second-order valence-electron chi connectivity index (χ2n) is 13.8. The van der Waals surface area contributed by atoms with Gasteiger partial charge >= 0.3 is 0 Å². The predicted molar refractivity (Wildman–Crippen MR) is 217 cm³/mol. The zero-order valence-electron chi connectivity index (χ0n) is 28.5. The van der Waals surface area contributed by atoms with Gasteiger partial charge in [0.1, 0.15) is 22.7 Å². The first-order chi connectivity index (χ1) is 25.7. The van der Waals surface area contributed by atoms with Crippen LogP contribution in [0.2, 0.25) is 0 Å². The summed E-state index contributed by atoms with van der Waals surface area (Å²) in [6.07, 6.45) is 0. The molecule has 9 aromatic rings. The van der Waals surface area contributed by atoms with Crippen LogP contribution in [0.1, 0.15) is 5.56 Å². The van der Waals surface area contributed by atoms with Gasteiger partial charge in [-0.25, -0.2) is 0 Å². The molecule has 0 spiro atoms. The minimum atomic E-state index is 0.00621. The van der Waals surface area contributed by atoms with Crippen molar-refractivity contribution < 1.29 is 9.15 Å². The minimum absolute atomic E-state index is 0.00621. The maximum absolute atomic E-state index is 6.87. The summed E-state index contributed by atoms with van der Waals surface area (Å²) in [5.41, 5.74) is 13.2. The van der Waals surface area contributed by atoms with Gasteiger partial charge in [0.05, 0.1) is 0 Å². The zero-order valence-corrected chi connectivity index (χ0v) is 28.5. The number of para-hydroxylation sites is 4. The average molecular weight is 667 g/mol. The normalized spacial score (nSPS) is 12.8. The van der Waals surface area contributed by atoms with E-state index in [-0.39, 0.29) is 6.71 Å².